The van der Waals surface area contributed by atoms with E-state index in [1.54, 1.807) is 24.5 Å². The van der Waals surface area contributed by atoms with Crippen molar-refractivity contribution in [2.24, 2.45) is 0 Å². The Morgan fingerprint density at radius 3 is 2.60 bits per heavy atom. The second-order valence-corrected chi connectivity index (χ2v) is 3.38. The summed E-state index contributed by atoms with van der Waals surface area (Å²) in [5.41, 5.74) is 7.82. The van der Waals surface area contributed by atoms with Crippen molar-refractivity contribution in [1.29, 1.82) is 0 Å². The average Bonchev–Trinajstić information content (AvgIpc) is 2.25. The maximum Gasteiger partial charge on any atom is 0.126 e. The molecule has 0 unspecified atom stereocenters. The van der Waals surface area contributed by atoms with Crippen LogP contribution in [0.1, 0.15) is 11.1 Å². The molecule has 1 aromatic heterocycles. The summed E-state index contributed by atoms with van der Waals surface area (Å²) in [6, 6.07) is 8.35. The van der Waals surface area contributed by atoms with E-state index in [0.29, 0.717) is 17.7 Å². The number of nitrogens with two attached hydrogens (primary N) is 1. The molecule has 2 aromatic rings. The highest BCUT2D eigenvalue weighted by molar-refractivity contribution is 5.42. The van der Waals surface area contributed by atoms with Crippen LogP contribution in [0.25, 0.3) is 0 Å². The SMILES string of the molecule is Nc1ccc(F)c(Cc2ccncc2)c1. The van der Waals surface area contributed by atoms with Crippen LogP contribution in [0.2, 0.25) is 0 Å². The molecule has 2 rings (SSSR count). The van der Waals surface area contributed by atoms with E-state index in [1.807, 2.05) is 12.1 Å². The Balaban J connectivity index is 2.28. The zero-order valence-electron chi connectivity index (χ0n) is 8.15. The quantitative estimate of drug-likeness (QED) is 0.759. The van der Waals surface area contributed by atoms with E-state index in [4.69, 9.17) is 5.73 Å². The molecule has 15 heavy (non-hydrogen) atoms. The van der Waals surface area contributed by atoms with Crippen molar-refractivity contribution in [3.63, 3.8) is 0 Å². The summed E-state index contributed by atoms with van der Waals surface area (Å²) in [4.78, 5) is 3.91. The van der Waals surface area contributed by atoms with Crippen LogP contribution >= 0.6 is 0 Å². The van der Waals surface area contributed by atoms with Crippen LogP contribution in [0.4, 0.5) is 10.1 Å². The van der Waals surface area contributed by atoms with Crippen molar-refractivity contribution in [3.8, 4) is 0 Å². The maximum atomic E-state index is 13.4. The van der Waals surface area contributed by atoms with Crippen LogP contribution in [0.3, 0.4) is 0 Å². The highest BCUT2D eigenvalue weighted by Crippen LogP contribution is 2.15. The minimum absolute atomic E-state index is 0.221. The van der Waals surface area contributed by atoms with Crippen LogP contribution in [-0.4, -0.2) is 4.98 Å². The number of pyridine rings is 1. The standard InChI is InChI=1S/C12H11FN2/c13-12-2-1-11(14)8-10(12)7-9-3-5-15-6-4-9/h1-6,8H,7,14H2. The molecule has 2 N–H and O–H groups in total. The van der Waals surface area contributed by atoms with Crippen molar-refractivity contribution in [1.82, 2.24) is 4.98 Å². The van der Waals surface area contributed by atoms with E-state index in [1.165, 1.54) is 6.07 Å². The third-order valence-corrected chi connectivity index (χ3v) is 2.21. The van der Waals surface area contributed by atoms with Gasteiger partial charge in [-0.05, 0) is 41.5 Å². The molecular formula is C12H11FN2. The molecule has 76 valence electrons. The number of nitrogen functional groups attached to an aromatic ring is 1. The van der Waals surface area contributed by atoms with Gasteiger partial charge in [-0.2, -0.15) is 0 Å². The largest absolute Gasteiger partial charge is 0.399 e. The Bertz CT molecular complexity index is 454. The van der Waals surface area contributed by atoms with Gasteiger partial charge in [-0.25, -0.2) is 4.39 Å². The number of rotatable bonds is 2. The number of hydrogen-bond donors (Lipinski definition) is 1. The molecule has 0 bridgehead atoms. The number of aromatic nitrogens is 1. The fourth-order valence-electron chi connectivity index (χ4n) is 1.45. The molecule has 0 saturated carbocycles. The zero-order valence-corrected chi connectivity index (χ0v) is 8.15. The van der Waals surface area contributed by atoms with Crippen molar-refractivity contribution in [3.05, 3.63) is 59.7 Å². The van der Waals surface area contributed by atoms with Gasteiger partial charge < -0.3 is 5.73 Å². The summed E-state index contributed by atoms with van der Waals surface area (Å²) in [5, 5.41) is 0. The summed E-state index contributed by atoms with van der Waals surface area (Å²) in [7, 11) is 0. The van der Waals surface area contributed by atoms with E-state index < -0.39 is 0 Å². The van der Waals surface area contributed by atoms with Gasteiger partial charge >= 0.3 is 0 Å². The Morgan fingerprint density at radius 2 is 1.87 bits per heavy atom. The zero-order chi connectivity index (χ0) is 10.7. The second-order valence-electron chi connectivity index (χ2n) is 3.38. The molecule has 3 heteroatoms. The number of anilines is 1. The molecule has 0 aliphatic heterocycles. The van der Waals surface area contributed by atoms with E-state index in [9.17, 15) is 4.39 Å². The van der Waals surface area contributed by atoms with Gasteiger partial charge in [-0.1, -0.05) is 0 Å². The van der Waals surface area contributed by atoms with E-state index >= 15 is 0 Å². The van der Waals surface area contributed by atoms with Crippen molar-refractivity contribution >= 4 is 5.69 Å². The fraction of sp³-hybridized carbons (Fsp3) is 0.0833. The number of benzene rings is 1. The molecule has 0 radical (unpaired) electrons. The van der Waals surface area contributed by atoms with Gasteiger partial charge in [0.25, 0.3) is 0 Å². The molecule has 0 aliphatic rings. The van der Waals surface area contributed by atoms with Crippen LogP contribution in [0.15, 0.2) is 42.7 Å². The lowest BCUT2D eigenvalue weighted by Crippen LogP contribution is -1.95. The first-order valence-electron chi connectivity index (χ1n) is 4.68. The topological polar surface area (TPSA) is 38.9 Å². The van der Waals surface area contributed by atoms with E-state index in [2.05, 4.69) is 4.98 Å². The first kappa shape index (κ1) is 9.65. The number of nitrogens with zero attached hydrogens (tertiary/aromatic N) is 1. The molecule has 0 aliphatic carbocycles. The molecule has 0 atom stereocenters. The molecule has 0 fully saturated rings. The van der Waals surface area contributed by atoms with Gasteiger partial charge in [-0.15, -0.1) is 0 Å². The highest BCUT2D eigenvalue weighted by Gasteiger charge is 2.03. The van der Waals surface area contributed by atoms with Gasteiger partial charge in [0, 0.05) is 24.5 Å². The summed E-state index contributed by atoms with van der Waals surface area (Å²) in [6.45, 7) is 0. The monoisotopic (exact) mass is 202 g/mol. The Morgan fingerprint density at radius 1 is 1.13 bits per heavy atom. The summed E-state index contributed by atoms with van der Waals surface area (Å²) >= 11 is 0. The molecule has 0 spiro atoms. The predicted octanol–water partition coefficient (Wildman–Crippen LogP) is 2.39. The molecule has 1 heterocycles. The van der Waals surface area contributed by atoms with Crippen LogP contribution < -0.4 is 5.73 Å². The van der Waals surface area contributed by atoms with Gasteiger partial charge in [0.2, 0.25) is 0 Å². The lowest BCUT2D eigenvalue weighted by molar-refractivity contribution is 0.614. The van der Waals surface area contributed by atoms with Crippen LogP contribution in [-0.2, 0) is 6.42 Å². The highest BCUT2D eigenvalue weighted by atomic mass is 19.1. The Hall–Kier alpha value is -1.90. The van der Waals surface area contributed by atoms with Crippen molar-refractivity contribution < 1.29 is 4.39 Å². The minimum Gasteiger partial charge on any atom is -0.399 e. The summed E-state index contributed by atoms with van der Waals surface area (Å²) in [5.74, 6) is -0.221. The maximum absolute atomic E-state index is 13.4. The Labute approximate surface area is 87.6 Å². The summed E-state index contributed by atoms with van der Waals surface area (Å²) in [6.07, 6.45) is 3.93. The minimum atomic E-state index is -0.221. The van der Waals surface area contributed by atoms with Gasteiger partial charge in [0.15, 0.2) is 0 Å². The number of halogens is 1. The number of hydrogen-bond acceptors (Lipinski definition) is 2. The van der Waals surface area contributed by atoms with Gasteiger partial charge in [0.1, 0.15) is 5.82 Å². The third-order valence-electron chi connectivity index (χ3n) is 2.21. The molecule has 2 nitrogen and oxygen atoms in total. The van der Waals surface area contributed by atoms with E-state index in [-0.39, 0.29) is 5.82 Å². The Kier molecular flexibility index (Phi) is 2.63. The lowest BCUT2D eigenvalue weighted by Gasteiger charge is -2.04. The van der Waals surface area contributed by atoms with Gasteiger partial charge in [0.05, 0.1) is 0 Å². The first-order valence-corrected chi connectivity index (χ1v) is 4.68. The predicted molar refractivity (Wildman–Crippen MR) is 57.9 cm³/mol. The van der Waals surface area contributed by atoms with E-state index in [0.717, 1.165) is 5.56 Å². The molecular weight excluding hydrogens is 191 g/mol. The summed E-state index contributed by atoms with van der Waals surface area (Å²) < 4.78 is 13.4. The average molecular weight is 202 g/mol. The lowest BCUT2D eigenvalue weighted by atomic mass is 10.1. The van der Waals surface area contributed by atoms with Crippen LogP contribution in [0, 0.1) is 5.82 Å². The van der Waals surface area contributed by atoms with Crippen molar-refractivity contribution in [2.45, 2.75) is 6.42 Å². The third kappa shape index (κ3) is 2.31. The molecule has 0 amide bonds. The first-order chi connectivity index (χ1) is 7.25. The van der Waals surface area contributed by atoms with Gasteiger partial charge in [-0.3, -0.25) is 4.98 Å². The molecule has 0 saturated heterocycles. The smallest absolute Gasteiger partial charge is 0.126 e. The fourth-order valence-corrected chi connectivity index (χ4v) is 1.45. The second kappa shape index (κ2) is 4.09. The van der Waals surface area contributed by atoms with Crippen molar-refractivity contribution in [2.75, 3.05) is 5.73 Å². The normalized spacial score (nSPS) is 10.2. The molecule has 1 aromatic carbocycles. The van der Waals surface area contributed by atoms with Crippen LogP contribution in [0.5, 0.6) is 0 Å².